The molecule has 0 atom stereocenters. The zero-order valence-corrected chi connectivity index (χ0v) is 14.8. The van der Waals surface area contributed by atoms with E-state index in [2.05, 4.69) is 39.6 Å². The summed E-state index contributed by atoms with van der Waals surface area (Å²) in [6.45, 7) is 11.5. The van der Waals surface area contributed by atoms with Crippen LogP contribution in [0, 0.1) is 17.5 Å². The van der Waals surface area contributed by atoms with Crippen LogP contribution in [0.15, 0.2) is 0 Å². The number of nitrogens with zero attached hydrogens (tertiary/aromatic N) is 1. The Hall–Kier alpha value is -0.740. The fourth-order valence-electron chi connectivity index (χ4n) is 3.45. The Balaban J connectivity index is 2.45. The zero-order chi connectivity index (χ0) is 15.6. The van der Waals surface area contributed by atoms with Gasteiger partial charge in [-0.25, -0.2) is 4.98 Å². The normalized spacial score (nSPS) is 26.3. The maximum absolute atomic E-state index is 6.18. The molecule has 1 aromatic rings. The van der Waals surface area contributed by atoms with Crippen molar-refractivity contribution in [2.45, 2.75) is 71.8 Å². The van der Waals surface area contributed by atoms with Crippen LogP contribution in [-0.2, 0) is 10.3 Å². The van der Waals surface area contributed by atoms with Gasteiger partial charge in [0.25, 0.3) is 0 Å². The highest BCUT2D eigenvalue weighted by Gasteiger charge is 2.39. The van der Waals surface area contributed by atoms with Gasteiger partial charge in [0.15, 0.2) is 0 Å². The molecule has 21 heavy (non-hydrogen) atoms. The topological polar surface area (TPSA) is 37.9 Å². The Kier molecular flexibility index (Phi) is 5.20. The van der Waals surface area contributed by atoms with Gasteiger partial charge in [0.2, 0.25) is 0 Å². The Bertz CT molecular complexity index is 542. The lowest BCUT2D eigenvalue weighted by Gasteiger charge is -2.38. The van der Waals surface area contributed by atoms with Crippen molar-refractivity contribution in [3.8, 4) is 0 Å². The van der Waals surface area contributed by atoms with E-state index in [0.717, 1.165) is 40.5 Å². The Morgan fingerprint density at radius 2 is 2.00 bits per heavy atom. The lowest BCUT2D eigenvalue weighted by molar-refractivity contribution is -0.0839. The number of hydrogen-bond acceptors (Lipinski definition) is 3. The Labute approximate surface area is 133 Å². The van der Waals surface area contributed by atoms with Gasteiger partial charge in [-0.2, -0.15) is 0 Å². The second kappa shape index (κ2) is 6.57. The molecule has 1 aliphatic rings. The molecule has 0 spiro atoms. The fraction of sp³-hybridized carbons (Fsp3) is 0.765. The molecular formula is C17H28N2OS. The zero-order valence-electron chi connectivity index (χ0n) is 14.0. The molecule has 0 aliphatic heterocycles. The molecule has 1 heterocycles. The number of hydrogen-bond donors (Lipinski definition) is 1. The minimum absolute atomic E-state index is 0.269. The van der Waals surface area contributed by atoms with Crippen molar-refractivity contribution >= 4 is 12.2 Å². The van der Waals surface area contributed by atoms with Crippen molar-refractivity contribution in [2.75, 3.05) is 6.61 Å². The minimum atomic E-state index is -0.269. The van der Waals surface area contributed by atoms with Gasteiger partial charge in [-0.05, 0) is 51.4 Å². The third-order valence-corrected chi connectivity index (χ3v) is 4.98. The molecule has 0 aromatic carbocycles. The smallest absolute Gasteiger partial charge is 0.140 e. The molecule has 0 radical (unpaired) electrons. The summed E-state index contributed by atoms with van der Waals surface area (Å²) in [4.78, 5) is 8.23. The van der Waals surface area contributed by atoms with Crippen molar-refractivity contribution in [1.29, 1.82) is 0 Å². The number of rotatable bonds is 4. The summed E-state index contributed by atoms with van der Waals surface area (Å²) in [5.74, 6) is 2.10. The van der Waals surface area contributed by atoms with E-state index in [0.29, 0.717) is 12.5 Å². The third kappa shape index (κ3) is 3.37. The quantitative estimate of drug-likeness (QED) is 0.794. The summed E-state index contributed by atoms with van der Waals surface area (Å²) in [6, 6.07) is 0. The first-order valence-corrected chi connectivity index (χ1v) is 8.55. The SMILES string of the molecule is CCOC1(c2nc(=S)c(C(C)C)c(C)[nH]2)CCC(C)CC1. The van der Waals surface area contributed by atoms with Crippen LogP contribution in [-0.4, -0.2) is 16.6 Å². The molecule has 1 aromatic heterocycles. The summed E-state index contributed by atoms with van der Waals surface area (Å²) in [5.41, 5.74) is 2.03. The third-order valence-electron chi connectivity index (χ3n) is 4.67. The first kappa shape index (κ1) is 16.6. The first-order chi connectivity index (χ1) is 9.89. The molecule has 1 N–H and O–H groups in total. The number of aromatic nitrogens is 2. The van der Waals surface area contributed by atoms with Crippen LogP contribution in [0.5, 0.6) is 0 Å². The van der Waals surface area contributed by atoms with Crippen LogP contribution in [0.2, 0.25) is 0 Å². The average molecular weight is 308 g/mol. The number of aromatic amines is 1. The van der Waals surface area contributed by atoms with Crippen LogP contribution < -0.4 is 0 Å². The van der Waals surface area contributed by atoms with E-state index in [1.807, 2.05) is 0 Å². The standard InChI is InChI=1S/C17H28N2OS/c1-6-20-17(9-7-12(4)8-10-17)16-18-13(5)14(11(2)3)15(21)19-16/h11-12H,6-10H2,1-5H3,(H,18,19,21). The molecule has 1 aliphatic carbocycles. The van der Waals surface area contributed by atoms with E-state index >= 15 is 0 Å². The Morgan fingerprint density at radius 1 is 1.38 bits per heavy atom. The van der Waals surface area contributed by atoms with Crippen molar-refractivity contribution in [3.63, 3.8) is 0 Å². The lowest BCUT2D eigenvalue weighted by Crippen LogP contribution is -2.36. The summed E-state index contributed by atoms with van der Waals surface area (Å²) in [7, 11) is 0. The van der Waals surface area contributed by atoms with E-state index in [-0.39, 0.29) is 5.60 Å². The van der Waals surface area contributed by atoms with E-state index < -0.39 is 0 Å². The van der Waals surface area contributed by atoms with E-state index in [9.17, 15) is 0 Å². The molecule has 4 heteroatoms. The monoisotopic (exact) mass is 308 g/mol. The van der Waals surface area contributed by atoms with Gasteiger partial charge in [0.05, 0.1) is 0 Å². The van der Waals surface area contributed by atoms with Gasteiger partial charge in [0, 0.05) is 17.9 Å². The molecule has 2 rings (SSSR count). The predicted molar refractivity (Wildman–Crippen MR) is 89.2 cm³/mol. The van der Waals surface area contributed by atoms with Crippen LogP contribution in [0.1, 0.15) is 76.4 Å². The van der Waals surface area contributed by atoms with Crippen LogP contribution in [0.3, 0.4) is 0 Å². The van der Waals surface area contributed by atoms with E-state index in [1.54, 1.807) is 0 Å². The van der Waals surface area contributed by atoms with Gasteiger partial charge in [-0.15, -0.1) is 0 Å². The van der Waals surface area contributed by atoms with Crippen molar-refractivity contribution < 1.29 is 4.74 Å². The van der Waals surface area contributed by atoms with Gasteiger partial charge in [0.1, 0.15) is 16.1 Å². The van der Waals surface area contributed by atoms with Crippen molar-refractivity contribution in [1.82, 2.24) is 9.97 Å². The van der Waals surface area contributed by atoms with Gasteiger partial charge in [-0.1, -0.05) is 33.0 Å². The predicted octanol–water partition coefficient (Wildman–Crippen LogP) is 5.01. The molecule has 1 saturated carbocycles. The number of aryl methyl sites for hydroxylation is 1. The molecule has 118 valence electrons. The van der Waals surface area contributed by atoms with Crippen LogP contribution in [0.4, 0.5) is 0 Å². The van der Waals surface area contributed by atoms with E-state index in [4.69, 9.17) is 21.9 Å². The first-order valence-electron chi connectivity index (χ1n) is 8.15. The maximum Gasteiger partial charge on any atom is 0.140 e. The maximum atomic E-state index is 6.18. The number of ether oxygens (including phenoxy) is 1. The molecule has 0 amide bonds. The van der Waals surface area contributed by atoms with Gasteiger partial charge < -0.3 is 9.72 Å². The highest BCUT2D eigenvalue weighted by molar-refractivity contribution is 7.71. The average Bonchev–Trinajstić information content (AvgIpc) is 2.40. The van der Waals surface area contributed by atoms with Crippen LogP contribution >= 0.6 is 12.2 Å². The van der Waals surface area contributed by atoms with Crippen molar-refractivity contribution in [3.05, 3.63) is 21.7 Å². The molecular weight excluding hydrogens is 280 g/mol. The number of H-pyrrole nitrogens is 1. The lowest BCUT2D eigenvalue weighted by atomic mass is 9.78. The fourth-order valence-corrected chi connectivity index (χ4v) is 3.93. The van der Waals surface area contributed by atoms with Crippen LogP contribution in [0.25, 0.3) is 0 Å². The second-order valence-corrected chi connectivity index (χ2v) is 7.08. The molecule has 1 fully saturated rings. The summed E-state index contributed by atoms with van der Waals surface area (Å²) in [5, 5.41) is 0. The summed E-state index contributed by atoms with van der Waals surface area (Å²) in [6.07, 6.45) is 4.43. The highest BCUT2D eigenvalue weighted by atomic mass is 32.1. The summed E-state index contributed by atoms with van der Waals surface area (Å²) >= 11 is 5.54. The number of nitrogens with one attached hydrogen (secondary N) is 1. The second-order valence-electron chi connectivity index (χ2n) is 6.69. The molecule has 0 unspecified atom stereocenters. The van der Waals surface area contributed by atoms with Crippen molar-refractivity contribution in [2.24, 2.45) is 5.92 Å². The molecule has 3 nitrogen and oxygen atoms in total. The summed E-state index contributed by atoms with van der Waals surface area (Å²) < 4.78 is 6.91. The van der Waals surface area contributed by atoms with E-state index in [1.165, 1.54) is 12.8 Å². The largest absolute Gasteiger partial charge is 0.367 e. The highest BCUT2D eigenvalue weighted by Crippen LogP contribution is 2.41. The molecule has 0 saturated heterocycles. The van der Waals surface area contributed by atoms with Gasteiger partial charge >= 0.3 is 0 Å². The van der Waals surface area contributed by atoms with Gasteiger partial charge in [-0.3, -0.25) is 0 Å². The molecule has 0 bridgehead atoms. The minimum Gasteiger partial charge on any atom is -0.367 e. The Morgan fingerprint density at radius 3 is 2.48 bits per heavy atom.